The van der Waals surface area contributed by atoms with Gasteiger partial charge in [-0.2, -0.15) is 0 Å². The number of aromatic nitrogens is 3. The van der Waals surface area contributed by atoms with Crippen molar-refractivity contribution in [1.82, 2.24) is 19.4 Å². The zero-order valence-electron chi connectivity index (χ0n) is 20.4. The van der Waals surface area contributed by atoms with Crippen molar-refractivity contribution in [2.75, 3.05) is 49.7 Å². The lowest BCUT2D eigenvalue weighted by Gasteiger charge is -2.40. The number of sulfone groups is 1. The summed E-state index contributed by atoms with van der Waals surface area (Å²) in [7, 11) is 0.186. The molecule has 1 fully saturated rings. The van der Waals surface area contributed by atoms with Gasteiger partial charge >= 0.3 is 0 Å². The van der Waals surface area contributed by atoms with E-state index in [0.29, 0.717) is 16.5 Å². The number of methoxy groups -OCH3 is 1. The molecule has 1 unspecified atom stereocenters. The van der Waals surface area contributed by atoms with Crippen molar-refractivity contribution < 1.29 is 13.2 Å². The van der Waals surface area contributed by atoms with E-state index >= 15 is 0 Å². The fraction of sp³-hybridized carbons (Fsp3) is 0.500. The summed E-state index contributed by atoms with van der Waals surface area (Å²) in [5, 5.41) is 0.776. The van der Waals surface area contributed by atoms with Crippen molar-refractivity contribution in [3.8, 4) is 5.75 Å². The molecule has 0 aliphatic carbocycles. The smallest absolute Gasteiger partial charge is 0.179 e. The van der Waals surface area contributed by atoms with E-state index in [0.717, 1.165) is 61.3 Å². The minimum atomic E-state index is -3.35. The molecule has 2 aromatic heterocycles. The molecular formula is C24H34N6O3S. The number of rotatable bonds is 8. The molecule has 0 saturated carbocycles. The Morgan fingerprint density at radius 2 is 2.06 bits per heavy atom. The fourth-order valence-corrected chi connectivity index (χ4v) is 6.07. The van der Waals surface area contributed by atoms with E-state index in [1.807, 2.05) is 17.7 Å². The van der Waals surface area contributed by atoms with E-state index in [4.69, 9.17) is 10.5 Å². The van der Waals surface area contributed by atoms with E-state index in [9.17, 15) is 8.42 Å². The van der Waals surface area contributed by atoms with Gasteiger partial charge in [0.2, 0.25) is 0 Å². The van der Waals surface area contributed by atoms with Crippen molar-refractivity contribution in [2.24, 2.45) is 7.05 Å². The van der Waals surface area contributed by atoms with Gasteiger partial charge in [0.25, 0.3) is 0 Å². The van der Waals surface area contributed by atoms with Crippen LogP contribution in [0, 0.1) is 0 Å². The molecule has 0 bridgehead atoms. The maximum atomic E-state index is 12.8. The molecule has 0 spiro atoms. The average Bonchev–Trinajstić information content (AvgIpc) is 3.09. The van der Waals surface area contributed by atoms with Gasteiger partial charge in [-0.05, 0) is 38.4 Å². The highest BCUT2D eigenvalue weighted by Gasteiger charge is 2.27. The summed E-state index contributed by atoms with van der Waals surface area (Å²) < 4.78 is 32.9. The number of fused-ring (bicyclic) bond motifs is 1. The van der Waals surface area contributed by atoms with Crippen LogP contribution in [0.15, 0.2) is 35.6 Å². The van der Waals surface area contributed by atoms with Crippen LogP contribution in [0.1, 0.15) is 25.8 Å². The average molecular weight is 487 g/mol. The van der Waals surface area contributed by atoms with Crippen molar-refractivity contribution in [2.45, 2.75) is 37.6 Å². The Bertz CT molecular complexity index is 1270. The number of nitrogens with two attached hydrogens (primary N) is 1. The van der Waals surface area contributed by atoms with E-state index in [1.165, 1.54) is 0 Å². The zero-order chi connectivity index (χ0) is 24.5. The largest absolute Gasteiger partial charge is 0.491 e. The lowest BCUT2D eigenvalue weighted by Crippen LogP contribution is -2.52. The second kappa shape index (κ2) is 9.79. The number of nitrogens with zero attached hydrogens (tertiary/aromatic N) is 5. The van der Waals surface area contributed by atoms with Crippen molar-refractivity contribution in [3.63, 3.8) is 0 Å². The van der Waals surface area contributed by atoms with Crippen molar-refractivity contribution in [3.05, 3.63) is 36.3 Å². The lowest BCUT2D eigenvalue weighted by atomic mass is 10.1. The van der Waals surface area contributed by atoms with E-state index in [2.05, 4.69) is 26.7 Å². The molecule has 1 aliphatic heterocycles. The molecule has 3 aromatic rings. The second-order valence-electron chi connectivity index (χ2n) is 8.84. The molecule has 34 heavy (non-hydrogen) atoms. The first kappa shape index (κ1) is 24.3. The van der Waals surface area contributed by atoms with Crippen LogP contribution < -0.4 is 15.4 Å². The number of anilines is 2. The van der Waals surface area contributed by atoms with Crippen LogP contribution >= 0.6 is 0 Å². The van der Waals surface area contributed by atoms with Gasteiger partial charge in [-0.1, -0.05) is 13.0 Å². The molecule has 2 N–H and O–H groups in total. The first-order valence-corrected chi connectivity index (χ1v) is 13.3. The highest BCUT2D eigenvalue weighted by atomic mass is 32.2. The third-order valence-corrected chi connectivity index (χ3v) is 8.59. The standard InChI is InChI=1S/C24H34N6O3S/c1-5-34(31,32)21-10-6-9-19-22(21)18(23(25)28(19)3)8-7-11-29-12-13-30(17(2)15-29)24-20(33-4)14-26-16-27-24/h6,9-10,14,16-17H,5,7-8,11-13,15,25H2,1-4H3. The van der Waals surface area contributed by atoms with Gasteiger partial charge in [0.1, 0.15) is 12.1 Å². The Morgan fingerprint density at radius 3 is 2.76 bits per heavy atom. The van der Waals surface area contributed by atoms with Gasteiger partial charge in [-0.25, -0.2) is 18.4 Å². The molecule has 10 heteroatoms. The fourth-order valence-electron chi connectivity index (χ4n) is 4.93. The summed E-state index contributed by atoms with van der Waals surface area (Å²) in [6.45, 7) is 7.46. The van der Waals surface area contributed by atoms with Gasteiger partial charge in [-0.15, -0.1) is 0 Å². The molecule has 1 aromatic carbocycles. The molecule has 1 aliphatic rings. The first-order chi connectivity index (χ1) is 16.3. The normalized spacial score (nSPS) is 17.4. The number of piperazine rings is 1. The third kappa shape index (κ3) is 4.44. The summed E-state index contributed by atoms with van der Waals surface area (Å²) in [6, 6.07) is 5.71. The Balaban J connectivity index is 1.47. The van der Waals surface area contributed by atoms with Gasteiger partial charge in [0.15, 0.2) is 21.4 Å². The Labute approximate surface area is 201 Å². The van der Waals surface area contributed by atoms with Gasteiger partial charge in [0.05, 0.1) is 29.5 Å². The minimum absolute atomic E-state index is 0.0691. The Kier molecular flexibility index (Phi) is 6.99. The van der Waals surface area contributed by atoms with Crippen LogP contribution in [-0.4, -0.2) is 72.9 Å². The van der Waals surface area contributed by atoms with Crippen LogP contribution in [0.5, 0.6) is 5.75 Å². The third-order valence-electron chi connectivity index (χ3n) is 6.82. The predicted octanol–water partition coefficient (Wildman–Crippen LogP) is 2.50. The van der Waals surface area contributed by atoms with E-state index < -0.39 is 9.84 Å². The van der Waals surface area contributed by atoms with E-state index in [-0.39, 0.29) is 11.8 Å². The molecule has 9 nitrogen and oxygen atoms in total. The van der Waals surface area contributed by atoms with E-state index in [1.54, 1.807) is 38.7 Å². The van der Waals surface area contributed by atoms with Crippen molar-refractivity contribution >= 4 is 32.4 Å². The topological polar surface area (TPSA) is 107 Å². The molecule has 184 valence electrons. The summed E-state index contributed by atoms with van der Waals surface area (Å²) in [5.41, 5.74) is 8.24. The monoisotopic (exact) mass is 486 g/mol. The summed E-state index contributed by atoms with van der Waals surface area (Å²) in [6.07, 6.45) is 4.88. The number of nitrogen functional groups attached to an aromatic ring is 1. The maximum Gasteiger partial charge on any atom is 0.179 e. The SMILES string of the molecule is CCS(=O)(=O)c1cccc2c1c(CCCN1CCN(c3ncncc3OC)C(C)C1)c(N)n2C. The number of benzene rings is 1. The molecule has 0 radical (unpaired) electrons. The number of aryl methyl sites for hydroxylation is 2. The molecular weight excluding hydrogens is 452 g/mol. The van der Waals surface area contributed by atoms with Crippen molar-refractivity contribution in [1.29, 1.82) is 0 Å². The number of hydrogen-bond acceptors (Lipinski definition) is 8. The summed E-state index contributed by atoms with van der Waals surface area (Å²) in [5.74, 6) is 2.23. The summed E-state index contributed by atoms with van der Waals surface area (Å²) in [4.78, 5) is 13.6. The van der Waals surface area contributed by atoms with Crippen LogP contribution in [0.3, 0.4) is 0 Å². The highest BCUT2D eigenvalue weighted by Crippen LogP contribution is 2.34. The van der Waals surface area contributed by atoms with Crippen LogP contribution in [0.25, 0.3) is 10.9 Å². The quantitative estimate of drug-likeness (QED) is 0.518. The zero-order valence-corrected chi connectivity index (χ0v) is 21.2. The summed E-state index contributed by atoms with van der Waals surface area (Å²) >= 11 is 0. The van der Waals surface area contributed by atoms with Crippen LogP contribution in [-0.2, 0) is 23.3 Å². The van der Waals surface area contributed by atoms with Gasteiger partial charge < -0.3 is 19.9 Å². The van der Waals surface area contributed by atoms with Crippen LogP contribution in [0.2, 0.25) is 0 Å². The number of ether oxygens (including phenoxy) is 1. The number of hydrogen-bond donors (Lipinski definition) is 1. The molecule has 4 rings (SSSR count). The second-order valence-corrected chi connectivity index (χ2v) is 11.1. The molecule has 1 atom stereocenters. The molecule has 1 saturated heterocycles. The Hall–Kier alpha value is -2.85. The van der Waals surface area contributed by atoms with Gasteiger partial charge in [0, 0.05) is 43.7 Å². The minimum Gasteiger partial charge on any atom is -0.491 e. The molecule has 3 heterocycles. The van der Waals surface area contributed by atoms with Gasteiger partial charge in [-0.3, -0.25) is 4.90 Å². The predicted molar refractivity (Wildman–Crippen MR) is 135 cm³/mol. The maximum absolute atomic E-state index is 12.8. The van der Waals surface area contributed by atoms with Crippen LogP contribution in [0.4, 0.5) is 11.6 Å². The first-order valence-electron chi connectivity index (χ1n) is 11.7. The molecule has 0 amide bonds. The lowest BCUT2D eigenvalue weighted by molar-refractivity contribution is 0.225. The Morgan fingerprint density at radius 1 is 1.26 bits per heavy atom. The highest BCUT2D eigenvalue weighted by molar-refractivity contribution is 7.91.